The molecule has 1 fully saturated rings. The summed E-state index contributed by atoms with van der Waals surface area (Å²) in [6.07, 6.45) is 3.98. The van der Waals surface area contributed by atoms with Crippen molar-refractivity contribution in [1.29, 1.82) is 0 Å². The van der Waals surface area contributed by atoms with Crippen LogP contribution in [-0.4, -0.2) is 36.5 Å². The van der Waals surface area contributed by atoms with E-state index in [1.807, 2.05) is 49.5 Å². The van der Waals surface area contributed by atoms with Gasteiger partial charge in [-0.3, -0.25) is 9.78 Å². The van der Waals surface area contributed by atoms with Crippen molar-refractivity contribution in [2.45, 2.75) is 18.3 Å². The molecule has 0 radical (unpaired) electrons. The SMILES string of the molecule is CN(C)c1nc2sc(C(=O)NCC3(c4ccccn4)CC3)cc2s1. The zero-order chi connectivity index (χ0) is 16.7. The minimum atomic E-state index is -0.0150. The first-order valence-electron chi connectivity index (χ1n) is 7.85. The fourth-order valence-corrected chi connectivity index (χ4v) is 4.76. The number of amides is 1. The third-order valence-electron chi connectivity index (χ3n) is 4.33. The maximum Gasteiger partial charge on any atom is 0.261 e. The first kappa shape index (κ1) is 15.5. The van der Waals surface area contributed by atoms with Gasteiger partial charge in [-0.2, -0.15) is 0 Å². The van der Waals surface area contributed by atoms with Crippen LogP contribution in [0.1, 0.15) is 28.2 Å². The Morgan fingerprint density at radius 2 is 2.17 bits per heavy atom. The predicted octanol–water partition coefficient (Wildman–Crippen LogP) is 3.28. The van der Waals surface area contributed by atoms with Gasteiger partial charge in [0.15, 0.2) is 5.13 Å². The van der Waals surface area contributed by atoms with Gasteiger partial charge in [0.2, 0.25) is 0 Å². The maximum absolute atomic E-state index is 12.5. The van der Waals surface area contributed by atoms with E-state index in [0.717, 1.165) is 38.1 Å². The molecule has 1 N–H and O–H groups in total. The second-order valence-electron chi connectivity index (χ2n) is 6.35. The van der Waals surface area contributed by atoms with Crippen molar-refractivity contribution in [3.05, 3.63) is 41.0 Å². The first-order chi connectivity index (χ1) is 11.6. The summed E-state index contributed by atoms with van der Waals surface area (Å²) in [6.45, 7) is 0.644. The van der Waals surface area contributed by atoms with Crippen LogP contribution in [0.3, 0.4) is 0 Å². The quantitative estimate of drug-likeness (QED) is 0.760. The number of carbonyl (C=O) groups is 1. The van der Waals surface area contributed by atoms with Gasteiger partial charge >= 0.3 is 0 Å². The van der Waals surface area contributed by atoms with Gasteiger partial charge in [0.1, 0.15) is 4.83 Å². The summed E-state index contributed by atoms with van der Waals surface area (Å²) in [5, 5.41) is 4.05. The Kier molecular flexibility index (Phi) is 3.77. The van der Waals surface area contributed by atoms with Gasteiger partial charge in [-0.15, -0.1) is 11.3 Å². The average molecular weight is 358 g/mol. The topological polar surface area (TPSA) is 58.1 Å². The molecule has 0 spiro atoms. The van der Waals surface area contributed by atoms with Crippen LogP contribution in [0.2, 0.25) is 0 Å². The monoisotopic (exact) mass is 358 g/mol. The molecular weight excluding hydrogens is 340 g/mol. The number of aromatic nitrogens is 2. The van der Waals surface area contributed by atoms with Gasteiger partial charge in [-0.25, -0.2) is 4.98 Å². The summed E-state index contributed by atoms with van der Waals surface area (Å²) >= 11 is 3.07. The first-order valence-corrected chi connectivity index (χ1v) is 9.48. The lowest BCUT2D eigenvalue weighted by Crippen LogP contribution is -2.32. The highest BCUT2D eigenvalue weighted by atomic mass is 32.1. The Morgan fingerprint density at radius 1 is 1.33 bits per heavy atom. The van der Waals surface area contributed by atoms with Crippen LogP contribution in [0.25, 0.3) is 9.53 Å². The summed E-state index contributed by atoms with van der Waals surface area (Å²) in [4.78, 5) is 25.1. The molecule has 7 heteroatoms. The summed E-state index contributed by atoms with van der Waals surface area (Å²) < 4.78 is 1.07. The molecule has 3 aromatic heterocycles. The number of rotatable bonds is 5. The van der Waals surface area contributed by atoms with Crippen molar-refractivity contribution < 1.29 is 4.79 Å². The summed E-state index contributed by atoms with van der Waals surface area (Å²) in [5.41, 5.74) is 1.11. The minimum absolute atomic E-state index is 0.0150. The lowest BCUT2D eigenvalue weighted by Gasteiger charge is -2.15. The fourth-order valence-electron chi connectivity index (χ4n) is 2.71. The number of anilines is 1. The molecule has 0 aromatic carbocycles. The van der Waals surface area contributed by atoms with E-state index in [9.17, 15) is 4.79 Å². The van der Waals surface area contributed by atoms with E-state index in [4.69, 9.17) is 0 Å². The zero-order valence-corrected chi connectivity index (χ0v) is 15.2. The molecule has 5 nitrogen and oxygen atoms in total. The van der Waals surface area contributed by atoms with Crippen molar-refractivity contribution in [3.8, 4) is 0 Å². The van der Waals surface area contributed by atoms with Gasteiger partial charge in [-0.1, -0.05) is 17.4 Å². The van der Waals surface area contributed by atoms with E-state index in [1.54, 1.807) is 11.3 Å². The Bertz CT molecular complexity index is 849. The van der Waals surface area contributed by atoms with Crippen molar-refractivity contribution in [2.75, 3.05) is 25.5 Å². The highest BCUT2D eigenvalue weighted by molar-refractivity contribution is 7.29. The molecular formula is C17H18N4OS2. The molecule has 24 heavy (non-hydrogen) atoms. The van der Waals surface area contributed by atoms with Crippen molar-refractivity contribution in [3.63, 3.8) is 0 Å². The van der Waals surface area contributed by atoms with Crippen LogP contribution in [-0.2, 0) is 5.41 Å². The van der Waals surface area contributed by atoms with E-state index in [0.29, 0.717) is 6.54 Å². The number of pyridine rings is 1. The normalized spacial score (nSPS) is 15.4. The molecule has 124 valence electrons. The third kappa shape index (κ3) is 2.78. The van der Waals surface area contributed by atoms with Crippen molar-refractivity contribution in [1.82, 2.24) is 15.3 Å². The number of thiazole rings is 1. The molecule has 0 saturated heterocycles. The van der Waals surface area contributed by atoms with E-state index < -0.39 is 0 Å². The minimum Gasteiger partial charge on any atom is -0.354 e. The molecule has 1 aliphatic carbocycles. The number of carbonyl (C=O) groups excluding carboxylic acids is 1. The predicted molar refractivity (Wildman–Crippen MR) is 99.3 cm³/mol. The second-order valence-corrected chi connectivity index (χ2v) is 8.39. The lowest BCUT2D eigenvalue weighted by atomic mass is 10.0. The maximum atomic E-state index is 12.5. The Balaban J connectivity index is 1.46. The van der Waals surface area contributed by atoms with Crippen molar-refractivity contribution >= 4 is 43.2 Å². The van der Waals surface area contributed by atoms with Gasteiger partial charge in [-0.05, 0) is 31.0 Å². The molecule has 1 amide bonds. The van der Waals surface area contributed by atoms with Crippen LogP contribution in [0.5, 0.6) is 0 Å². The fraction of sp³-hybridized carbons (Fsp3) is 0.353. The zero-order valence-electron chi connectivity index (χ0n) is 13.6. The molecule has 1 aliphatic rings. The summed E-state index contributed by atoms with van der Waals surface area (Å²) in [6, 6.07) is 7.92. The summed E-state index contributed by atoms with van der Waals surface area (Å²) in [7, 11) is 3.95. The molecule has 0 aliphatic heterocycles. The van der Waals surface area contributed by atoms with E-state index in [2.05, 4.69) is 15.3 Å². The Morgan fingerprint density at radius 3 is 2.79 bits per heavy atom. The number of thiophene rings is 1. The molecule has 0 atom stereocenters. The Labute approximate surface area is 148 Å². The van der Waals surface area contributed by atoms with Crippen LogP contribution >= 0.6 is 22.7 Å². The molecule has 0 unspecified atom stereocenters. The van der Waals surface area contributed by atoms with Crippen molar-refractivity contribution in [2.24, 2.45) is 0 Å². The van der Waals surface area contributed by atoms with E-state index in [-0.39, 0.29) is 11.3 Å². The highest BCUT2D eigenvalue weighted by Gasteiger charge is 2.45. The van der Waals surface area contributed by atoms with Crippen LogP contribution < -0.4 is 10.2 Å². The highest BCUT2D eigenvalue weighted by Crippen LogP contribution is 2.46. The average Bonchev–Trinajstić information content (AvgIpc) is 3.10. The molecule has 3 heterocycles. The largest absolute Gasteiger partial charge is 0.354 e. The van der Waals surface area contributed by atoms with Crippen LogP contribution in [0.15, 0.2) is 30.5 Å². The number of nitrogens with zero attached hydrogens (tertiary/aromatic N) is 3. The number of hydrogen-bond donors (Lipinski definition) is 1. The van der Waals surface area contributed by atoms with Gasteiger partial charge < -0.3 is 10.2 Å². The molecule has 3 aromatic rings. The Hall–Kier alpha value is -1.99. The third-order valence-corrected chi connectivity index (χ3v) is 6.66. The summed E-state index contributed by atoms with van der Waals surface area (Å²) in [5.74, 6) is -0.0150. The number of fused-ring (bicyclic) bond motifs is 1. The standard InChI is InChI=1S/C17H18N4OS2/c1-21(2)16-20-15-12(24-16)9-11(23-15)14(22)19-10-17(6-7-17)13-5-3-4-8-18-13/h3-5,8-9H,6-7,10H2,1-2H3,(H,19,22). The number of hydrogen-bond acceptors (Lipinski definition) is 6. The van der Waals surface area contributed by atoms with Crippen LogP contribution in [0, 0.1) is 0 Å². The molecule has 1 saturated carbocycles. The van der Waals surface area contributed by atoms with Gasteiger partial charge in [0, 0.05) is 37.9 Å². The van der Waals surface area contributed by atoms with Crippen LogP contribution in [0.4, 0.5) is 5.13 Å². The van der Waals surface area contributed by atoms with Gasteiger partial charge in [0.25, 0.3) is 5.91 Å². The van der Waals surface area contributed by atoms with Gasteiger partial charge in [0.05, 0.1) is 9.58 Å². The number of nitrogens with one attached hydrogen (secondary N) is 1. The van der Waals surface area contributed by atoms with E-state index >= 15 is 0 Å². The molecule has 0 bridgehead atoms. The molecule has 4 rings (SSSR count). The second kappa shape index (κ2) is 5.82. The smallest absolute Gasteiger partial charge is 0.261 e. The lowest BCUT2D eigenvalue weighted by molar-refractivity contribution is 0.0953. The van der Waals surface area contributed by atoms with E-state index in [1.165, 1.54) is 11.3 Å².